The van der Waals surface area contributed by atoms with Crippen LogP contribution in [0.3, 0.4) is 0 Å². The molecule has 0 unspecified atom stereocenters. The number of thiazole rings is 1. The highest BCUT2D eigenvalue weighted by atomic mass is 32.1. The lowest BCUT2D eigenvalue weighted by atomic mass is 10.2. The Balaban J connectivity index is 1.60. The number of nitrogens with zero attached hydrogens (tertiary/aromatic N) is 3. The summed E-state index contributed by atoms with van der Waals surface area (Å²) in [4.78, 5) is 35.2. The zero-order valence-electron chi connectivity index (χ0n) is 17.7. The monoisotopic (exact) mass is 439 g/mol. The highest BCUT2D eigenvalue weighted by Crippen LogP contribution is 2.18. The zero-order valence-corrected chi connectivity index (χ0v) is 18.5. The Kier molecular flexibility index (Phi) is 7.55. The first-order chi connectivity index (χ1) is 15.0. The molecule has 3 amide bonds. The molecule has 0 atom stereocenters. The molecule has 3 rings (SSSR count). The molecule has 162 valence electrons. The summed E-state index contributed by atoms with van der Waals surface area (Å²) in [5.74, 6) is 0.467. The lowest BCUT2D eigenvalue weighted by Crippen LogP contribution is -2.39. The van der Waals surface area contributed by atoms with Gasteiger partial charge in [-0.05, 0) is 55.8 Å². The molecule has 0 fully saturated rings. The van der Waals surface area contributed by atoms with Gasteiger partial charge in [-0.15, -0.1) is 11.3 Å². The Labute approximate surface area is 185 Å². The van der Waals surface area contributed by atoms with Crippen molar-refractivity contribution in [2.24, 2.45) is 0 Å². The van der Waals surface area contributed by atoms with Gasteiger partial charge in [-0.1, -0.05) is 0 Å². The number of methoxy groups -OCH3 is 1. The number of pyridine rings is 1. The Hall–Kier alpha value is -3.46. The second-order valence-electron chi connectivity index (χ2n) is 7.04. The van der Waals surface area contributed by atoms with E-state index in [1.807, 2.05) is 26.0 Å². The largest absolute Gasteiger partial charge is 0.497 e. The van der Waals surface area contributed by atoms with Crippen molar-refractivity contribution in [1.82, 2.24) is 20.2 Å². The number of urea groups is 1. The maximum atomic E-state index is 12.8. The van der Waals surface area contributed by atoms with Gasteiger partial charge in [-0.2, -0.15) is 0 Å². The molecule has 9 heteroatoms. The number of carbonyl (C=O) groups is 2. The number of anilines is 1. The third kappa shape index (κ3) is 6.26. The third-order valence-electron chi connectivity index (χ3n) is 4.52. The van der Waals surface area contributed by atoms with E-state index in [1.165, 1.54) is 11.3 Å². The van der Waals surface area contributed by atoms with Crippen molar-refractivity contribution in [3.8, 4) is 5.75 Å². The van der Waals surface area contributed by atoms with Crippen LogP contribution >= 0.6 is 11.3 Å². The first-order valence-electron chi connectivity index (χ1n) is 9.79. The fourth-order valence-electron chi connectivity index (χ4n) is 2.77. The van der Waals surface area contributed by atoms with Gasteiger partial charge in [0.1, 0.15) is 16.5 Å². The Morgan fingerprint density at radius 2 is 1.84 bits per heavy atom. The molecule has 3 aromatic rings. The average molecular weight is 440 g/mol. The summed E-state index contributed by atoms with van der Waals surface area (Å²) >= 11 is 1.35. The fraction of sp³-hybridized carbons (Fsp3) is 0.273. The maximum absolute atomic E-state index is 12.8. The molecule has 0 saturated heterocycles. The minimum atomic E-state index is -0.252. The van der Waals surface area contributed by atoms with Crippen LogP contribution in [0.25, 0.3) is 0 Å². The Morgan fingerprint density at radius 3 is 2.48 bits per heavy atom. The number of nitrogens with one attached hydrogen (secondary N) is 2. The van der Waals surface area contributed by atoms with E-state index in [4.69, 9.17) is 4.74 Å². The minimum absolute atomic E-state index is 0.0499. The number of hydrogen-bond donors (Lipinski definition) is 2. The molecule has 0 spiro atoms. The number of amides is 3. The topological polar surface area (TPSA) is 96.5 Å². The molecule has 0 bridgehead atoms. The standard InChI is InChI=1S/C22H25N5O3S/c1-15(2)27(22(29)25-17-4-6-18(30-3)7-5-17)13-20-26-19(14-31-20)21(28)24-12-16-8-10-23-11-9-16/h4-11,14-15H,12-13H2,1-3H3,(H,24,28)(H,25,29). The van der Waals surface area contributed by atoms with Crippen LogP contribution in [-0.4, -0.2) is 40.0 Å². The maximum Gasteiger partial charge on any atom is 0.322 e. The van der Waals surface area contributed by atoms with Crippen LogP contribution in [0.2, 0.25) is 0 Å². The fourth-order valence-corrected chi connectivity index (χ4v) is 3.54. The first kappa shape index (κ1) is 22.2. The van der Waals surface area contributed by atoms with Crippen molar-refractivity contribution in [1.29, 1.82) is 0 Å². The summed E-state index contributed by atoms with van der Waals surface area (Å²) in [6.07, 6.45) is 3.36. The molecule has 0 aliphatic rings. The van der Waals surface area contributed by atoms with Gasteiger partial charge in [-0.25, -0.2) is 9.78 Å². The summed E-state index contributed by atoms with van der Waals surface area (Å²) in [5, 5.41) is 8.12. The average Bonchev–Trinajstić information content (AvgIpc) is 3.25. The number of rotatable bonds is 8. The van der Waals surface area contributed by atoms with E-state index in [1.54, 1.807) is 54.0 Å². The van der Waals surface area contributed by atoms with Gasteiger partial charge in [0.15, 0.2) is 0 Å². The van der Waals surface area contributed by atoms with E-state index in [0.717, 1.165) is 11.3 Å². The van der Waals surface area contributed by atoms with Crippen molar-refractivity contribution in [2.75, 3.05) is 12.4 Å². The smallest absolute Gasteiger partial charge is 0.322 e. The summed E-state index contributed by atoms with van der Waals surface area (Å²) in [5.41, 5.74) is 1.97. The summed E-state index contributed by atoms with van der Waals surface area (Å²) in [6.45, 7) is 4.58. The molecule has 1 aromatic carbocycles. The van der Waals surface area contributed by atoms with E-state index in [9.17, 15) is 9.59 Å². The quantitative estimate of drug-likeness (QED) is 0.555. The van der Waals surface area contributed by atoms with Crippen molar-refractivity contribution in [3.63, 3.8) is 0 Å². The number of hydrogen-bond acceptors (Lipinski definition) is 6. The van der Waals surface area contributed by atoms with Crippen LogP contribution in [-0.2, 0) is 13.1 Å². The molecular weight excluding hydrogens is 414 g/mol. The summed E-state index contributed by atoms with van der Waals surface area (Å²) < 4.78 is 5.14. The molecule has 0 radical (unpaired) electrons. The summed E-state index contributed by atoms with van der Waals surface area (Å²) in [6, 6.07) is 10.5. The Bertz CT molecular complexity index is 1010. The van der Waals surface area contributed by atoms with E-state index >= 15 is 0 Å². The minimum Gasteiger partial charge on any atom is -0.497 e. The van der Waals surface area contributed by atoms with Crippen LogP contribution in [0.5, 0.6) is 5.75 Å². The highest BCUT2D eigenvalue weighted by Gasteiger charge is 2.20. The van der Waals surface area contributed by atoms with Gasteiger partial charge in [0.2, 0.25) is 0 Å². The zero-order chi connectivity index (χ0) is 22.2. The normalized spacial score (nSPS) is 10.6. The van der Waals surface area contributed by atoms with Crippen LogP contribution < -0.4 is 15.4 Å². The second-order valence-corrected chi connectivity index (χ2v) is 7.99. The molecule has 0 aliphatic carbocycles. The lowest BCUT2D eigenvalue weighted by Gasteiger charge is -2.26. The van der Waals surface area contributed by atoms with Gasteiger partial charge in [0.05, 0.1) is 13.7 Å². The van der Waals surface area contributed by atoms with E-state index < -0.39 is 0 Å². The molecular formula is C22H25N5O3S. The molecule has 8 nitrogen and oxygen atoms in total. The molecule has 0 aliphatic heterocycles. The lowest BCUT2D eigenvalue weighted by molar-refractivity contribution is 0.0946. The van der Waals surface area contributed by atoms with Crippen molar-refractivity contribution in [2.45, 2.75) is 33.0 Å². The van der Waals surface area contributed by atoms with Crippen LogP contribution in [0.15, 0.2) is 54.2 Å². The third-order valence-corrected chi connectivity index (χ3v) is 5.35. The first-order valence-corrected chi connectivity index (χ1v) is 10.7. The molecule has 2 N–H and O–H groups in total. The van der Waals surface area contributed by atoms with Gasteiger partial charge < -0.3 is 20.3 Å². The van der Waals surface area contributed by atoms with Crippen molar-refractivity contribution >= 4 is 29.0 Å². The van der Waals surface area contributed by atoms with Gasteiger partial charge in [-0.3, -0.25) is 9.78 Å². The highest BCUT2D eigenvalue weighted by molar-refractivity contribution is 7.09. The van der Waals surface area contributed by atoms with Gasteiger partial charge in [0, 0.05) is 36.0 Å². The number of benzene rings is 1. The summed E-state index contributed by atoms with van der Waals surface area (Å²) in [7, 11) is 1.59. The SMILES string of the molecule is COc1ccc(NC(=O)N(Cc2nc(C(=O)NCc3ccncc3)cs2)C(C)C)cc1. The van der Waals surface area contributed by atoms with Crippen molar-refractivity contribution in [3.05, 3.63) is 70.4 Å². The second kappa shape index (κ2) is 10.5. The molecule has 31 heavy (non-hydrogen) atoms. The van der Waals surface area contributed by atoms with Crippen LogP contribution in [0.4, 0.5) is 10.5 Å². The van der Waals surface area contributed by atoms with Crippen LogP contribution in [0, 0.1) is 0 Å². The van der Waals surface area contributed by atoms with E-state index in [0.29, 0.717) is 29.5 Å². The van der Waals surface area contributed by atoms with E-state index in [2.05, 4.69) is 20.6 Å². The number of aromatic nitrogens is 2. The molecule has 2 heterocycles. The van der Waals surface area contributed by atoms with E-state index in [-0.39, 0.29) is 18.0 Å². The van der Waals surface area contributed by atoms with Gasteiger partial charge in [0.25, 0.3) is 5.91 Å². The molecule has 0 saturated carbocycles. The van der Waals surface area contributed by atoms with Crippen molar-refractivity contribution < 1.29 is 14.3 Å². The predicted octanol–water partition coefficient (Wildman–Crippen LogP) is 3.92. The number of ether oxygens (including phenoxy) is 1. The van der Waals surface area contributed by atoms with Gasteiger partial charge >= 0.3 is 6.03 Å². The predicted molar refractivity (Wildman–Crippen MR) is 120 cm³/mol. The molecule has 2 aromatic heterocycles. The Morgan fingerprint density at radius 1 is 1.13 bits per heavy atom. The number of carbonyl (C=O) groups excluding carboxylic acids is 2. The van der Waals surface area contributed by atoms with Crippen LogP contribution in [0.1, 0.15) is 34.9 Å².